The van der Waals surface area contributed by atoms with E-state index < -0.39 is 5.41 Å². The van der Waals surface area contributed by atoms with E-state index in [0.717, 1.165) is 71.9 Å². The predicted molar refractivity (Wildman–Crippen MR) is 219 cm³/mol. The van der Waals surface area contributed by atoms with Crippen LogP contribution in [0.4, 0.5) is 17.1 Å². The molecule has 3 heterocycles. The second kappa shape index (κ2) is 11.5. The Morgan fingerprint density at radius 3 is 1.62 bits per heavy atom. The number of hydrogen-bond acceptors (Lipinski definition) is 3. The quantitative estimate of drug-likeness (QED) is 0.174. The Kier molecular flexibility index (Phi) is 6.47. The predicted octanol–water partition coefficient (Wildman–Crippen LogP) is 13.1. The van der Waals surface area contributed by atoms with Gasteiger partial charge >= 0.3 is 0 Å². The number of aromatic nitrogens is 1. The minimum Gasteiger partial charge on any atom is -0.454 e. The highest BCUT2D eigenvalue weighted by molar-refractivity contribution is 6.31. The third-order valence-corrected chi connectivity index (χ3v) is 11.1. The number of fused-ring (bicyclic) bond motifs is 9. The second-order valence-electron chi connectivity index (χ2n) is 13.8. The molecule has 3 heteroatoms. The van der Waals surface area contributed by atoms with Gasteiger partial charge in [0.25, 0.3) is 0 Å². The summed E-state index contributed by atoms with van der Waals surface area (Å²) in [5.74, 6) is 0. The van der Waals surface area contributed by atoms with E-state index in [2.05, 4.69) is 199 Å². The van der Waals surface area contributed by atoms with Gasteiger partial charge in [0.2, 0.25) is 0 Å². The number of hydrogen-bond donors (Lipinski definition) is 0. The monoisotopic (exact) mass is 676 g/mol. The summed E-state index contributed by atoms with van der Waals surface area (Å²) in [5.41, 5.74) is 12.2. The van der Waals surface area contributed by atoms with Crippen molar-refractivity contribution in [1.82, 2.24) is 4.98 Å². The van der Waals surface area contributed by atoms with Crippen LogP contribution in [0.15, 0.2) is 199 Å². The van der Waals surface area contributed by atoms with Gasteiger partial charge in [0.15, 0.2) is 5.58 Å². The van der Waals surface area contributed by atoms with Crippen LogP contribution in [-0.4, -0.2) is 4.98 Å². The Labute approximate surface area is 307 Å². The molecule has 0 bridgehead atoms. The van der Waals surface area contributed by atoms with Gasteiger partial charge in [0.05, 0.1) is 33.7 Å². The molecule has 10 aromatic rings. The Morgan fingerprint density at radius 1 is 0.434 bits per heavy atom. The molecule has 0 aliphatic carbocycles. The molecular weight excluding hydrogens is 645 g/mol. The number of para-hydroxylation sites is 4. The first-order chi connectivity index (χ1) is 26.3. The standard InChI is InChI=1S/C50H32N2O/c1-4-18-33(19-5-1)48-38-32-44(49-47(37-25-11-17-31-45(37)53-49)46(38)36-24-10-14-28-41(36)51-48)52-42-29-15-12-26-39(42)50(34-20-6-2-7-21-34,35-22-8-3-9-23-35)40-27-13-16-30-43(40)52/h1-32H. The Hall–Kier alpha value is -6.97. The minimum absolute atomic E-state index is 0.566. The average Bonchev–Trinajstić information content (AvgIpc) is 3.63. The van der Waals surface area contributed by atoms with Crippen LogP contribution in [0.3, 0.4) is 0 Å². The molecule has 248 valence electrons. The first-order valence-corrected chi connectivity index (χ1v) is 18.1. The van der Waals surface area contributed by atoms with E-state index in [9.17, 15) is 0 Å². The first-order valence-electron chi connectivity index (χ1n) is 18.1. The van der Waals surface area contributed by atoms with Crippen molar-refractivity contribution in [2.45, 2.75) is 5.41 Å². The first kappa shape index (κ1) is 29.7. The minimum atomic E-state index is -0.566. The lowest BCUT2D eigenvalue weighted by atomic mass is 9.62. The van der Waals surface area contributed by atoms with Gasteiger partial charge in [-0.05, 0) is 52.6 Å². The molecule has 1 aliphatic heterocycles. The summed E-state index contributed by atoms with van der Waals surface area (Å²) in [6.07, 6.45) is 0. The van der Waals surface area contributed by atoms with Crippen LogP contribution in [-0.2, 0) is 5.41 Å². The van der Waals surface area contributed by atoms with Crippen LogP contribution >= 0.6 is 0 Å². The molecule has 0 fully saturated rings. The maximum Gasteiger partial charge on any atom is 0.160 e. The molecule has 0 spiro atoms. The van der Waals surface area contributed by atoms with E-state index in [0.29, 0.717) is 0 Å². The van der Waals surface area contributed by atoms with Crippen LogP contribution in [0.2, 0.25) is 0 Å². The maximum absolute atomic E-state index is 7.03. The van der Waals surface area contributed by atoms with Crippen LogP contribution in [0.1, 0.15) is 22.3 Å². The molecule has 3 nitrogen and oxygen atoms in total. The van der Waals surface area contributed by atoms with Gasteiger partial charge in [0, 0.05) is 32.5 Å². The Balaban J connectivity index is 1.33. The zero-order valence-electron chi connectivity index (χ0n) is 28.8. The van der Waals surface area contributed by atoms with Gasteiger partial charge in [-0.15, -0.1) is 0 Å². The number of furan rings is 1. The smallest absolute Gasteiger partial charge is 0.160 e. The van der Waals surface area contributed by atoms with Crippen molar-refractivity contribution < 1.29 is 4.42 Å². The fraction of sp³-hybridized carbons (Fsp3) is 0.0200. The average molecular weight is 677 g/mol. The van der Waals surface area contributed by atoms with Crippen molar-refractivity contribution >= 4 is 60.7 Å². The van der Waals surface area contributed by atoms with Crippen molar-refractivity contribution in [2.24, 2.45) is 0 Å². The molecule has 1 aliphatic rings. The second-order valence-corrected chi connectivity index (χ2v) is 13.8. The van der Waals surface area contributed by atoms with E-state index in [1.54, 1.807) is 0 Å². The summed E-state index contributed by atoms with van der Waals surface area (Å²) in [7, 11) is 0. The van der Waals surface area contributed by atoms with E-state index in [-0.39, 0.29) is 0 Å². The SMILES string of the molecule is c1ccc(-c2nc3ccccc3c3c2cc(N2c4ccccc4C(c4ccccc4)(c4ccccc4)c4ccccc42)c2oc4ccccc4c23)cc1. The van der Waals surface area contributed by atoms with Gasteiger partial charge in [-0.25, -0.2) is 4.98 Å². The topological polar surface area (TPSA) is 29.3 Å². The lowest BCUT2D eigenvalue weighted by Crippen LogP contribution is -2.37. The highest BCUT2D eigenvalue weighted by Gasteiger charge is 2.46. The largest absolute Gasteiger partial charge is 0.454 e. The zero-order chi connectivity index (χ0) is 34.9. The van der Waals surface area contributed by atoms with Gasteiger partial charge in [0.1, 0.15) is 5.58 Å². The third kappa shape index (κ3) is 4.19. The molecule has 0 N–H and O–H groups in total. The van der Waals surface area contributed by atoms with Crippen molar-refractivity contribution in [1.29, 1.82) is 0 Å². The van der Waals surface area contributed by atoms with Gasteiger partial charge in [-0.1, -0.05) is 164 Å². The van der Waals surface area contributed by atoms with E-state index in [1.807, 2.05) is 0 Å². The number of pyridine rings is 1. The molecular formula is C50H32N2O. The number of nitrogens with zero attached hydrogens (tertiary/aromatic N) is 2. The fourth-order valence-electron chi connectivity index (χ4n) is 8.97. The summed E-state index contributed by atoms with van der Waals surface area (Å²) in [6.45, 7) is 0. The van der Waals surface area contributed by atoms with Crippen molar-refractivity contribution in [3.63, 3.8) is 0 Å². The van der Waals surface area contributed by atoms with Crippen LogP contribution in [0.25, 0.3) is 54.9 Å². The van der Waals surface area contributed by atoms with Crippen LogP contribution < -0.4 is 4.90 Å². The Morgan fingerprint density at radius 2 is 0.962 bits per heavy atom. The van der Waals surface area contributed by atoms with Crippen LogP contribution in [0, 0.1) is 0 Å². The fourth-order valence-corrected chi connectivity index (χ4v) is 8.97. The van der Waals surface area contributed by atoms with Gasteiger partial charge in [-0.2, -0.15) is 0 Å². The van der Waals surface area contributed by atoms with E-state index >= 15 is 0 Å². The summed E-state index contributed by atoms with van der Waals surface area (Å²) in [4.78, 5) is 7.81. The lowest BCUT2D eigenvalue weighted by Gasteiger charge is -2.46. The molecule has 53 heavy (non-hydrogen) atoms. The molecule has 0 atom stereocenters. The molecule has 0 amide bonds. The van der Waals surface area contributed by atoms with E-state index in [4.69, 9.17) is 9.40 Å². The van der Waals surface area contributed by atoms with Crippen molar-refractivity contribution in [3.8, 4) is 11.3 Å². The molecule has 0 unspecified atom stereocenters. The summed E-state index contributed by atoms with van der Waals surface area (Å²) in [6, 6.07) is 69.5. The molecule has 2 aromatic heterocycles. The molecule has 11 rings (SSSR count). The maximum atomic E-state index is 7.03. The normalized spacial score (nSPS) is 13.4. The number of rotatable bonds is 4. The van der Waals surface area contributed by atoms with Gasteiger partial charge in [-0.3, -0.25) is 0 Å². The van der Waals surface area contributed by atoms with Gasteiger partial charge < -0.3 is 9.32 Å². The molecule has 0 saturated carbocycles. The zero-order valence-corrected chi connectivity index (χ0v) is 28.8. The highest BCUT2D eigenvalue weighted by atomic mass is 16.3. The van der Waals surface area contributed by atoms with Crippen LogP contribution in [0.5, 0.6) is 0 Å². The molecule has 0 saturated heterocycles. The summed E-state index contributed by atoms with van der Waals surface area (Å²) in [5, 5.41) is 5.53. The highest BCUT2D eigenvalue weighted by Crippen LogP contribution is 2.59. The summed E-state index contributed by atoms with van der Waals surface area (Å²) >= 11 is 0. The summed E-state index contributed by atoms with van der Waals surface area (Å²) < 4.78 is 7.03. The molecule has 0 radical (unpaired) electrons. The number of anilines is 3. The van der Waals surface area contributed by atoms with Crippen molar-refractivity contribution in [2.75, 3.05) is 4.90 Å². The van der Waals surface area contributed by atoms with E-state index in [1.165, 1.54) is 22.3 Å². The number of benzene rings is 8. The van der Waals surface area contributed by atoms with Crippen molar-refractivity contribution in [3.05, 3.63) is 216 Å². The molecule has 8 aromatic carbocycles. The Bertz CT molecular complexity index is 2910. The third-order valence-electron chi connectivity index (χ3n) is 11.1. The lowest BCUT2D eigenvalue weighted by molar-refractivity contribution is 0.668.